The number of carbonyl (C=O) groups excluding carboxylic acids is 1. The van der Waals surface area contributed by atoms with Gasteiger partial charge >= 0.3 is 0 Å². The Morgan fingerprint density at radius 3 is 2.40 bits per heavy atom. The molecule has 2 N–H and O–H groups in total. The van der Waals surface area contributed by atoms with Crippen LogP contribution in [0.1, 0.15) is 23.0 Å². The van der Waals surface area contributed by atoms with Crippen molar-refractivity contribution in [2.24, 2.45) is 0 Å². The number of hydrogen-bond donors (Lipinski definition) is 1. The molecule has 0 bridgehead atoms. The van der Waals surface area contributed by atoms with Gasteiger partial charge in [0, 0.05) is 33.7 Å². The van der Waals surface area contributed by atoms with E-state index in [2.05, 4.69) is 11.9 Å². The van der Waals surface area contributed by atoms with E-state index < -0.39 is 0 Å². The van der Waals surface area contributed by atoms with Gasteiger partial charge < -0.3 is 20.4 Å². The largest absolute Gasteiger partial charge is 0.382 e. The van der Waals surface area contributed by atoms with Gasteiger partial charge in [-0.3, -0.25) is 4.79 Å². The van der Waals surface area contributed by atoms with Crippen LogP contribution in [0.5, 0.6) is 0 Å². The first-order valence-electron chi connectivity index (χ1n) is 6.74. The number of nitrogens with two attached hydrogens (primary N) is 1. The van der Waals surface area contributed by atoms with Gasteiger partial charge in [-0.15, -0.1) is 0 Å². The molecule has 0 fully saturated rings. The lowest BCUT2D eigenvalue weighted by Gasteiger charge is -2.19. The molecule has 114 valence electrons. The monoisotopic (exact) mass is 299 g/mol. The lowest BCUT2D eigenvalue weighted by Crippen LogP contribution is -2.33. The van der Waals surface area contributed by atoms with Crippen LogP contribution < -0.4 is 10.6 Å². The lowest BCUT2D eigenvalue weighted by atomic mass is 10.4. The van der Waals surface area contributed by atoms with Crippen LogP contribution in [0.25, 0.3) is 0 Å². The summed E-state index contributed by atoms with van der Waals surface area (Å²) in [5, 5.41) is 0.800. The van der Waals surface area contributed by atoms with Crippen LogP contribution >= 0.6 is 11.3 Å². The van der Waals surface area contributed by atoms with Crippen molar-refractivity contribution in [2.45, 2.75) is 13.3 Å². The average Bonchev–Trinajstić information content (AvgIpc) is 2.77. The number of carbonyl (C=O) groups is 1. The predicted molar refractivity (Wildman–Crippen MR) is 85.6 cm³/mol. The molecule has 20 heavy (non-hydrogen) atoms. The first-order chi connectivity index (χ1) is 9.36. The van der Waals surface area contributed by atoms with Crippen molar-refractivity contribution >= 4 is 28.2 Å². The van der Waals surface area contributed by atoms with Crippen LogP contribution in [0.2, 0.25) is 0 Å². The number of nitrogen functional groups attached to an aromatic ring is 1. The molecule has 0 unspecified atom stereocenters. The highest BCUT2D eigenvalue weighted by Crippen LogP contribution is 2.28. The second-order valence-electron chi connectivity index (χ2n) is 5.16. The Kier molecular flexibility index (Phi) is 6.22. The van der Waals surface area contributed by atoms with E-state index in [1.807, 2.05) is 30.9 Å². The number of rotatable bonds is 7. The van der Waals surface area contributed by atoms with E-state index in [0.717, 1.165) is 24.6 Å². The maximum atomic E-state index is 12.4. The number of nitrogens with zero attached hydrogens (tertiary/aromatic N) is 4. The van der Waals surface area contributed by atoms with Crippen LogP contribution in [0.3, 0.4) is 0 Å². The molecule has 7 heteroatoms. The van der Waals surface area contributed by atoms with Gasteiger partial charge in [0.2, 0.25) is 0 Å². The first-order valence-corrected chi connectivity index (χ1v) is 7.56. The molecule has 0 spiro atoms. The van der Waals surface area contributed by atoms with E-state index in [-0.39, 0.29) is 5.91 Å². The quantitative estimate of drug-likeness (QED) is 0.819. The van der Waals surface area contributed by atoms with Crippen molar-refractivity contribution in [3.8, 4) is 0 Å². The standard InChI is InChI=1S/C13H25N5OS/c1-6-7-18(5)13-15-11(14)10(20-13)12(19)17(4)9-8-16(2)3/h6-9,14H2,1-5H3. The maximum Gasteiger partial charge on any atom is 0.267 e. The van der Waals surface area contributed by atoms with Gasteiger partial charge in [0.15, 0.2) is 5.13 Å². The van der Waals surface area contributed by atoms with E-state index in [9.17, 15) is 4.79 Å². The molecule has 0 atom stereocenters. The van der Waals surface area contributed by atoms with E-state index in [1.165, 1.54) is 11.3 Å². The zero-order valence-electron chi connectivity index (χ0n) is 13.0. The summed E-state index contributed by atoms with van der Waals surface area (Å²) in [4.78, 5) is 22.9. The predicted octanol–water partition coefficient (Wildman–Crippen LogP) is 1.21. The third-order valence-electron chi connectivity index (χ3n) is 2.95. The normalized spacial score (nSPS) is 10.9. The highest BCUT2D eigenvalue weighted by molar-refractivity contribution is 7.18. The molecule has 0 radical (unpaired) electrons. The van der Waals surface area contributed by atoms with Gasteiger partial charge in [-0.2, -0.15) is 0 Å². The van der Waals surface area contributed by atoms with Gasteiger partial charge in [0.25, 0.3) is 5.91 Å². The SMILES string of the molecule is CCCN(C)c1nc(N)c(C(=O)N(C)CCN(C)C)s1. The summed E-state index contributed by atoms with van der Waals surface area (Å²) in [7, 11) is 7.72. The second-order valence-corrected chi connectivity index (χ2v) is 6.14. The number of thiazole rings is 1. The second kappa shape index (κ2) is 7.44. The minimum absolute atomic E-state index is 0.0574. The van der Waals surface area contributed by atoms with Crippen LogP contribution in [0, 0.1) is 0 Å². The van der Waals surface area contributed by atoms with Crippen molar-refractivity contribution in [3.05, 3.63) is 4.88 Å². The number of anilines is 2. The van der Waals surface area contributed by atoms with Crippen molar-refractivity contribution < 1.29 is 4.79 Å². The molecular weight excluding hydrogens is 274 g/mol. The molecule has 0 saturated heterocycles. The van der Waals surface area contributed by atoms with E-state index in [1.54, 1.807) is 11.9 Å². The Morgan fingerprint density at radius 2 is 1.85 bits per heavy atom. The third-order valence-corrected chi connectivity index (χ3v) is 4.12. The average molecular weight is 299 g/mol. The molecular formula is C13H25N5OS. The van der Waals surface area contributed by atoms with Gasteiger partial charge in [-0.1, -0.05) is 18.3 Å². The first kappa shape index (κ1) is 16.7. The topological polar surface area (TPSA) is 65.7 Å². The van der Waals surface area contributed by atoms with Crippen molar-refractivity contribution in [3.63, 3.8) is 0 Å². The molecule has 0 aliphatic rings. The minimum Gasteiger partial charge on any atom is -0.382 e. The van der Waals surface area contributed by atoms with Gasteiger partial charge in [-0.05, 0) is 20.5 Å². The van der Waals surface area contributed by atoms with Crippen molar-refractivity contribution in [1.82, 2.24) is 14.8 Å². The Morgan fingerprint density at radius 1 is 1.20 bits per heavy atom. The molecule has 6 nitrogen and oxygen atoms in total. The smallest absolute Gasteiger partial charge is 0.267 e. The number of amides is 1. The maximum absolute atomic E-state index is 12.4. The van der Waals surface area contributed by atoms with Crippen molar-refractivity contribution in [1.29, 1.82) is 0 Å². The molecule has 0 saturated carbocycles. The van der Waals surface area contributed by atoms with E-state index in [4.69, 9.17) is 5.73 Å². The van der Waals surface area contributed by atoms with Gasteiger partial charge in [0.1, 0.15) is 10.7 Å². The summed E-state index contributed by atoms with van der Waals surface area (Å²) in [6.45, 7) is 4.50. The Bertz CT molecular complexity index is 446. The number of aromatic nitrogens is 1. The number of hydrogen-bond acceptors (Lipinski definition) is 6. The van der Waals surface area contributed by atoms with Gasteiger partial charge in [0.05, 0.1) is 0 Å². The van der Waals surface area contributed by atoms with Crippen LogP contribution in [-0.2, 0) is 0 Å². The van der Waals surface area contributed by atoms with Gasteiger partial charge in [-0.25, -0.2) is 4.98 Å². The molecule has 0 aliphatic carbocycles. The molecule has 1 heterocycles. The molecule has 1 amide bonds. The van der Waals surface area contributed by atoms with Crippen molar-refractivity contribution in [2.75, 3.05) is 58.5 Å². The molecule has 1 aromatic heterocycles. The summed E-state index contributed by atoms with van der Waals surface area (Å²) < 4.78 is 0. The third kappa shape index (κ3) is 4.35. The van der Waals surface area contributed by atoms with Crippen LogP contribution in [-0.4, -0.2) is 68.5 Å². The zero-order chi connectivity index (χ0) is 15.3. The minimum atomic E-state index is -0.0574. The van der Waals surface area contributed by atoms with E-state index in [0.29, 0.717) is 17.2 Å². The Balaban J connectivity index is 2.77. The highest BCUT2D eigenvalue weighted by Gasteiger charge is 2.20. The molecule has 1 rings (SSSR count). The summed E-state index contributed by atoms with van der Waals surface area (Å²) in [5.41, 5.74) is 5.88. The Labute approximate surface area is 125 Å². The summed E-state index contributed by atoms with van der Waals surface area (Å²) >= 11 is 1.36. The molecule has 1 aromatic rings. The molecule has 0 aliphatic heterocycles. The fraction of sp³-hybridized carbons (Fsp3) is 0.692. The summed E-state index contributed by atoms with van der Waals surface area (Å²) in [6.07, 6.45) is 1.03. The fourth-order valence-corrected chi connectivity index (χ4v) is 2.66. The summed E-state index contributed by atoms with van der Waals surface area (Å²) in [5.74, 6) is 0.271. The van der Waals surface area contributed by atoms with Crippen LogP contribution in [0.4, 0.5) is 10.9 Å². The highest BCUT2D eigenvalue weighted by atomic mass is 32.1. The van der Waals surface area contributed by atoms with Crippen LogP contribution in [0.15, 0.2) is 0 Å². The molecule has 0 aromatic carbocycles. The zero-order valence-corrected chi connectivity index (χ0v) is 13.8. The lowest BCUT2D eigenvalue weighted by molar-refractivity contribution is 0.0792. The Hall–Kier alpha value is -1.34. The fourth-order valence-electron chi connectivity index (χ4n) is 1.69. The van der Waals surface area contributed by atoms with E-state index >= 15 is 0 Å². The summed E-state index contributed by atoms with van der Waals surface area (Å²) in [6, 6.07) is 0. The number of likely N-dealkylation sites (N-methyl/N-ethyl adjacent to an activating group) is 2.